The van der Waals surface area contributed by atoms with Gasteiger partial charge in [0.1, 0.15) is 24.4 Å². The summed E-state index contributed by atoms with van der Waals surface area (Å²) in [5, 5.41) is 38.0. The summed E-state index contributed by atoms with van der Waals surface area (Å²) in [6.45, 7) is 0.123. The van der Waals surface area contributed by atoms with E-state index >= 15 is 0 Å². The highest BCUT2D eigenvalue weighted by atomic mass is 16.8. The van der Waals surface area contributed by atoms with Gasteiger partial charge in [0.15, 0.2) is 12.6 Å². The zero-order valence-corrected chi connectivity index (χ0v) is 10.0. The Balaban J connectivity index is 1.93. The zero-order valence-electron chi connectivity index (χ0n) is 10.0. The van der Waals surface area contributed by atoms with Crippen LogP contribution in [-0.4, -0.2) is 70.6 Å². The molecule has 0 spiro atoms. The number of hydrogen-bond donors (Lipinski definition) is 4. The van der Waals surface area contributed by atoms with Crippen LogP contribution in [0.5, 0.6) is 0 Å². The van der Waals surface area contributed by atoms with E-state index in [9.17, 15) is 15.3 Å². The molecule has 2 unspecified atom stereocenters. The quantitative estimate of drug-likeness (QED) is 0.482. The summed E-state index contributed by atoms with van der Waals surface area (Å²) in [4.78, 5) is 0. The third-order valence-corrected chi connectivity index (χ3v) is 3.27. The van der Waals surface area contributed by atoms with Crippen molar-refractivity contribution in [3.05, 3.63) is 0 Å². The number of aliphatic hydroxyl groups is 4. The van der Waals surface area contributed by atoms with Crippen molar-refractivity contribution in [2.45, 2.75) is 56.3 Å². The van der Waals surface area contributed by atoms with Crippen LogP contribution in [0.25, 0.3) is 0 Å². The average Bonchev–Trinajstić information content (AvgIpc) is 2.40. The third kappa shape index (κ3) is 3.00. The molecule has 0 bridgehead atoms. The van der Waals surface area contributed by atoms with E-state index in [1.165, 1.54) is 0 Å². The second-order valence-electron chi connectivity index (χ2n) is 4.63. The topological polar surface area (TPSA) is 109 Å². The van der Waals surface area contributed by atoms with Crippen molar-refractivity contribution in [3.63, 3.8) is 0 Å². The Bertz CT molecular complexity index is 254. The van der Waals surface area contributed by atoms with E-state index in [-0.39, 0.29) is 0 Å². The Kier molecular flexibility index (Phi) is 4.91. The minimum Gasteiger partial charge on any atom is -0.394 e. The molecule has 0 aromatic carbocycles. The van der Waals surface area contributed by atoms with Gasteiger partial charge in [-0.3, -0.25) is 0 Å². The fraction of sp³-hybridized carbons (Fsp3) is 1.00. The van der Waals surface area contributed by atoms with Gasteiger partial charge in [0.25, 0.3) is 0 Å². The highest BCUT2D eigenvalue weighted by Gasteiger charge is 2.44. The van der Waals surface area contributed by atoms with E-state index in [0.29, 0.717) is 13.0 Å². The molecule has 0 aromatic rings. The van der Waals surface area contributed by atoms with E-state index in [2.05, 4.69) is 0 Å². The maximum absolute atomic E-state index is 9.75. The van der Waals surface area contributed by atoms with Crippen molar-refractivity contribution in [3.8, 4) is 0 Å². The highest BCUT2D eigenvalue weighted by Crippen LogP contribution is 2.25. The van der Waals surface area contributed by atoms with Gasteiger partial charge in [-0.15, -0.1) is 0 Å². The molecule has 18 heavy (non-hydrogen) atoms. The predicted molar refractivity (Wildman–Crippen MR) is 58.4 cm³/mol. The lowest BCUT2D eigenvalue weighted by atomic mass is 9.99. The third-order valence-electron chi connectivity index (χ3n) is 3.27. The first kappa shape index (κ1) is 14.1. The minimum atomic E-state index is -1.41. The molecule has 0 saturated carbocycles. The van der Waals surface area contributed by atoms with Crippen molar-refractivity contribution >= 4 is 0 Å². The summed E-state index contributed by atoms with van der Waals surface area (Å²) in [7, 11) is 0. The fourth-order valence-corrected chi connectivity index (χ4v) is 2.15. The molecule has 2 rings (SSSR count). The molecule has 2 aliphatic heterocycles. The SMILES string of the molecule is OC[C@H]1OC(OC2CCCCO2)[C@H](O)[C@@H](O)[C@@H]1O. The van der Waals surface area contributed by atoms with Crippen LogP contribution in [-0.2, 0) is 14.2 Å². The first-order valence-electron chi connectivity index (χ1n) is 6.21. The van der Waals surface area contributed by atoms with Gasteiger partial charge in [0.05, 0.1) is 6.61 Å². The Morgan fingerprint density at radius 1 is 1.06 bits per heavy atom. The van der Waals surface area contributed by atoms with Crippen molar-refractivity contribution in [1.82, 2.24) is 0 Å². The van der Waals surface area contributed by atoms with Crippen LogP contribution in [0.4, 0.5) is 0 Å². The number of ether oxygens (including phenoxy) is 3. The van der Waals surface area contributed by atoms with Crippen molar-refractivity contribution in [2.24, 2.45) is 0 Å². The van der Waals surface area contributed by atoms with Crippen LogP contribution >= 0.6 is 0 Å². The average molecular weight is 264 g/mol. The maximum Gasteiger partial charge on any atom is 0.189 e. The van der Waals surface area contributed by atoms with Crippen molar-refractivity contribution < 1.29 is 34.6 Å². The standard InChI is InChI=1S/C11H20O7/c12-5-6-8(13)9(14)10(15)11(17-6)18-7-3-1-2-4-16-7/h6-15H,1-5H2/t6-,7?,8-,9+,10-,11?/m1/s1. The van der Waals surface area contributed by atoms with Gasteiger partial charge in [0.2, 0.25) is 0 Å². The summed E-state index contributed by atoms with van der Waals surface area (Å²) in [6.07, 6.45) is -4.07. The lowest BCUT2D eigenvalue weighted by Crippen LogP contribution is -2.59. The molecule has 7 nitrogen and oxygen atoms in total. The highest BCUT2D eigenvalue weighted by molar-refractivity contribution is 4.89. The molecule has 2 fully saturated rings. The van der Waals surface area contributed by atoms with Crippen LogP contribution in [0.15, 0.2) is 0 Å². The van der Waals surface area contributed by atoms with E-state index in [0.717, 1.165) is 12.8 Å². The smallest absolute Gasteiger partial charge is 0.189 e. The van der Waals surface area contributed by atoms with E-state index in [1.807, 2.05) is 0 Å². The summed E-state index contributed by atoms with van der Waals surface area (Å²) < 4.78 is 16.0. The molecular formula is C11H20O7. The molecule has 0 aliphatic carbocycles. The van der Waals surface area contributed by atoms with Gasteiger partial charge >= 0.3 is 0 Å². The van der Waals surface area contributed by atoms with Gasteiger partial charge in [0, 0.05) is 6.61 Å². The Morgan fingerprint density at radius 3 is 2.44 bits per heavy atom. The predicted octanol–water partition coefficient (Wildman–Crippen LogP) is -1.67. The second-order valence-corrected chi connectivity index (χ2v) is 4.63. The Hall–Kier alpha value is -0.280. The molecule has 2 heterocycles. The molecule has 0 aromatic heterocycles. The van der Waals surface area contributed by atoms with Crippen LogP contribution in [0.1, 0.15) is 19.3 Å². The molecule has 7 heteroatoms. The van der Waals surface area contributed by atoms with Crippen LogP contribution in [0, 0.1) is 0 Å². The lowest BCUT2D eigenvalue weighted by Gasteiger charge is -2.41. The summed E-state index contributed by atoms with van der Waals surface area (Å²) in [5.74, 6) is 0. The molecule has 4 N–H and O–H groups in total. The summed E-state index contributed by atoms with van der Waals surface area (Å²) in [6, 6.07) is 0. The van der Waals surface area contributed by atoms with Crippen LogP contribution < -0.4 is 0 Å². The maximum atomic E-state index is 9.75. The zero-order chi connectivity index (χ0) is 13.1. The van der Waals surface area contributed by atoms with Gasteiger partial charge in [-0.2, -0.15) is 0 Å². The molecule has 2 saturated heterocycles. The van der Waals surface area contributed by atoms with Gasteiger partial charge < -0.3 is 34.6 Å². The van der Waals surface area contributed by atoms with Gasteiger partial charge in [-0.1, -0.05) is 0 Å². The van der Waals surface area contributed by atoms with Crippen molar-refractivity contribution in [2.75, 3.05) is 13.2 Å². The largest absolute Gasteiger partial charge is 0.394 e. The van der Waals surface area contributed by atoms with Crippen LogP contribution in [0.2, 0.25) is 0 Å². The fourth-order valence-electron chi connectivity index (χ4n) is 2.15. The monoisotopic (exact) mass is 264 g/mol. The number of rotatable bonds is 3. The Labute approximate surface area is 105 Å². The number of hydrogen-bond acceptors (Lipinski definition) is 7. The molecule has 0 radical (unpaired) electrons. The molecular weight excluding hydrogens is 244 g/mol. The van der Waals surface area contributed by atoms with Gasteiger partial charge in [-0.25, -0.2) is 0 Å². The second kappa shape index (κ2) is 6.25. The van der Waals surface area contributed by atoms with E-state index < -0.39 is 43.6 Å². The first-order valence-corrected chi connectivity index (χ1v) is 6.21. The lowest BCUT2D eigenvalue weighted by molar-refractivity contribution is -0.340. The van der Waals surface area contributed by atoms with E-state index in [4.69, 9.17) is 19.3 Å². The molecule has 0 amide bonds. The number of aliphatic hydroxyl groups excluding tert-OH is 4. The minimum absolute atomic E-state index is 0.462. The van der Waals surface area contributed by atoms with Gasteiger partial charge in [-0.05, 0) is 19.3 Å². The summed E-state index contributed by atoms with van der Waals surface area (Å²) >= 11 is 0. The summed E-state index contributed by atoms with van der Waals surface area (Å²) in [5.41, 5.74) is 0. The Morgan fingerprint density at radius 2 is 1.83 bits per heavy atom. The molecule has 6 atom stereocenters. The van der Waals surface area contributed by atoms with E-state index in [1.54, 1.807) is 0 Å². The first-order chi connectivity index (χ1) is 8.63. The molecule has 106 valence electrons. The van der Waals surface area contributed by atoms with Crippen LogP contribution in [0.3, 0.4) is 0 Å². The molecule has 2 aliphatic rings. The normalized spacial score (nSPS) is 46.0. The van der Waals surface area contributed by atoms with Crippen molar-refractivity contribution in [1.29, 1.82) is 0 Å².